The quantitative estimate of drug-likeness (QED) is 0.559. The maximum atomic E-state index is 8.20. The summed E-state index contributed by atoms with van der Waals surface area (Å²) in [4.78, 5) is 3.91. The molecule has 0 N–H and O–H groups in total. The summed E-state index contributed by atoms with van der Waals surface area (Å²) in [6.07, 6.45) is 1.83. The minimum absolute atomic E-state index is 0.331. The molecule has 9 heavy (non-hydrogen) atoms. The van der Waals surface area contributed by atoms with Gasteiger partial charge in [0.1, 0.15) is 6.26 Å². The van der Waals surface area contributed by atoms with Gasteiger partial charge >= 0.3 is 0 Å². The van der Waals surface area contributed by atoms with Crippen LogP contribution in [0.2, 0.25) is 0 Å². The molecule has 0 aliphatic heterocycles. The Morgan fingerprint density at radius 3 is 3.11 bits per heavy atom. The van der Waals surface area contributed by atoms with Gasteiger partial charge in [0.2, 0.25) is 0 Å². The van der Waals surface area contributed by atoms with E-state index >= 15 is 0 Å². The van der Waals surface area contributed by atoms with E-state index in [0.717, 1.165) is 0 Å². The Hall–Kier alpha value is -1.30. The van der Waals surface area contributed by atoms with Crippen LogP contribution in [0.4, 0.5) is 0 Å². The highest BCUT2D eigenvalue weighted by atomic mass is 16.3. The van der Waals surface area contributed by atoms with Crippen molar-refractivity contribution < 1.29 is 4.42 Å². The minimum atomic E-state index is 0.331. The summed E-state index contributed by atoms with van der Waals surface area (Å²) in [6.45, 7) is 1.75. The SMILES string of the molecule is Cc1nc(CC#N)co1. The molecule has 3 heteroatoms. The van der Waals surface area contributed by atoms with E-state index in [2.05, 4.69) is 4.98 Å². The Morgan fingerprint density at radius 1 is 1.89 bits per heavy atom. The maximum absolute atomic E-state index is 8.20. The lowest BCUT2D eigenvalue weighted by Gasteiger charge is -1.74. The third kappa shape index (κ3) is 1.29. The summed E-state index contributed by atoms with van der Waals surface area (Å²) in [5, 5.41) is 8.20. The Morgan fingerprint density at radius 2 is 2.67 bits per heavy atom. The monoisotopic (exact) mass is 122 g/mol. The van der Waals surface area contributed by atoms with Crippen molar-refractivity contribution in [2.75, 3.05) is 0 Å². The van der Waals surface area contributed by atoms with Gasteiger partial charge in [-0.25, -0.2) is 4.98 Å². The second kappa shape index (κ2) is 2.31. The second-order valence-corrected chi connectivity index (χ2v) is 1.69. The fourth-order valence-corrected chi connectivity index (χ4v) is 0.570. The van der Waals surface area contributed by atoms with Gasteiger partial charge in [-0.2, -0.15) is 5.26 Å². The fraction of sp³-hybridized carbons (Fsp3) is 0.333. The lowest BCUT2D eigenvalue weighted by atomic mass is 10.4. The van der Waals surface area contributed by atoms with Gasteiger partial charge in [-0.15, -0.1) is 0 Å². The van der Waals surface area contributed by atoms with Crippen molar-refractivity contribution in [2.45, 2.75) is 13.3 Å². The minimum Gasteiger partial charge on any atom is -0.449 e. The highest BCUT2D eigenvalue weighted by molar-refractivity contribution is 5.01. The van der Waals surface area contributed by atoms with Crippen molar-refractivity contribution in [1.29, 1.82) is 5.26 Å². The predicted molar refractivity (Wildman–Crippen MR) is 30.6 cm³/mol. The standard InChI is InChI=1S/C6H6N2O/c1-5-8-6(2-3-7)4-9-5/h4H,2H2,1H3. The van der Waals surface area contributed by atoms with E-state index in [1.807, 2.05) is 6.07 Å². The molecule has 0 aromatic carbocycles. The molecule has 0 radical (unpaired) electrons. The van der Waals surface area contributed by atoms with Crippen LogP contribution < -0.4 is 0 Å². The van der Waals surface area contributed by atoms with E-state index in [4.69, 9.17) is 9.68 Å². The van der Waals surface area contributed by atoms with Crippen LogP contribution in [-0.2, 0) is 6.42 Å². The third-order valence-corrected chi connectivity index (χ3v) is 0.927. The summed E-state index contributed by atoms with van der Waals surface area (Å²) in [5.74, 6) is 0.611. The number of hydrogen-bond donors (Lipinski definition) is 0. The summed E-state index contributed by atoms with van der Waals surface area (Å²) >= 11 is 0. The van der Waals surface area contributed by atoms with E-state index in [1.165, 1.54) is 6.26 Å². The molecule has 0 saturated heterocycles. The first-order chi connectivity index (χ1) is 4.33. The van der Waals surface area contributed by atoms with Crippen LogP contribution in [-0.4, -0.2) is 4.98 Å². The highest BCUT2D eigenvalue weighted by Crippen LogP contribution is 1.99. The molecule has 0 spiro atoms. The number of hydrogen-bond acceptors (Lipinski definition) is 3. The zero-order valence-electron chi connectivity index (χ0n) is 5.09. The highest BCUT2D eigenvalue weighted by Gasteiger charge is 1.95. The van der Waals surface area contributed by atoms with Crippen molar-refractivity contribution >= 4 is 0 Å². The number of rotatable bonds is 1. The van der Waals surface area contributed by atoms with Gasteiger partial charge in [-0.1, -0.05) is 0 Å². The van der Waals surface area contributed by atoms with Gasteiger partial charge in [0.05, 0.1) is 18.2 Å². The first-order valence-corrected chi connectivity index (χ1v) is 2.61. The lowest BCUT2D eigenvalue weighted by molar-refractivity contribution is 0.521. The van der Waals surface area contributed by atoms with E-state index in [9.17, 15) is 0 Å². The summed E-state index contributed by atoms with van der Waals surface area (Å²) < 4.78 is 4.85. The van der Waals surface area contributed by atoms with Crippen LogP contribution in [0.1, 0.15) is 11.6 Å². The number of nitriles is 1. The van der Waals surface area contributed by atoms with Crippen molar-refractivity contribution in [2.24, 2.45) is 0 Å². The van der Waals surface area contributed by atoms with Crippen molar-refractivity contribution in [3.63, 3.8) is 0 Å². The third-order valence-electron chi connectivity index (χ3n) is 0.927. The molecule has 0 bridgehead atoms. The van der Waals surface area contributed by atoms with E-state index in [0.29, 0.717) is 18.0 Å². The molecule has 1 heterocycles. The Bertz CT molecular complexity index is 233. The molecule has 3 nitrogen and oxygen atoms in total. The topological polar surface area (TPSA) is 49.8 Å². The molecule has 0 fully saturated rings. The number of nitrogens with zero attached hydrogens (tertiary/aromatic N) is 2. The molecular weight excluding hydrogens is 116 g/mol. The van der Waals surface area contributed by atoms with Gasteiger partial charge in [0.25, 0.3) is 0 Å². The van der Waals surface area contributed by atoms with Gasteiger partial charge in [0, 0.05) is 6.92 Å². The summed E-state index contributed by atoms with van der Waals surface area (Å²) in [7, 11) is 0. The van der Waals surface area contributed by atoms with Crippen molar-refractivity contribution in [3.05, 3.63) is 17.8 Å². The molecular formula is C6H6N2O. The van der Waals surface area contributed by atoms with Crippen LogP contribution in [0.15, 0.2) is 10.7 Å². The largest absolute Gasteiger partial charge is 0.449 e. The van der Waals surface area contributed by atoms with Gasteiger partial charge in [-0.05, 0) is 0 Å². The van der Waals surface area contributed by atoms with E-state index < -0.39 is 0 Å². The van der Waals surface area contributed by atoms with Crippen LogP contribution in [0.3, 0.4) is 0 Å². The first-order valence-electron chi connectivity index (χ1n) is 2.61. The molecule has 0 aliphatic carbocycles. The number of oxazole rings is 1. The maximum Gasteiger partial charge on any atom is 0.191 e. The van der Waals surface area contributed by atoms with Crippen LogP contribution in [0.25, 0.3) is 0 Å². The normalized spacial score (nSPS) is 8.89. The molecule has 0 aliphatic rings. The number of aromatic nitrogens is 1. The number of aryl methyl sites for hydroxylation is 1. The average Bonchev–Trinajstić information content (AvgIpc) is 2.17. The smallest absolute Gasteiger partial charge is 0.191 e. The van der Waals surface area contributed by atoms with Gasteiger partial charge in [-0.3, -0.25) is 0 Å². The molecule has 0 saturated carbocycles. The molecule has 46 valence electrons. The van der Waals surface area contributed by atoms with Crippen LogP contribution >= 0.6 is 0 Å². The zero-order valence-corrected chi connectivity index (χ0v) is 5.09. The molecule has 1 aromatic heterocycles. The second-order valence-electron chi connectivity index (χ2n) is 1.69. The summed E-state index contributed by atoms with van der Waals surface area (Å²) in [5.41, 5.74) is 0.704. The summed E-state index contributed by atoms with van der Waals surface area (Å²) in [6, 6.07) is 1.97. The van der Waals surface area contributed by atoms with Crippen molar-refractivity contribution in [3.8, 4) is 6.07 Å². The van der Waals surface area contributed by atoms with E-state index in [1.54, 1.807) is 6.92 Å². The van der Waals surface area contributed by atoms with Gasteiger partial charge < -0.3 is 4.42 Å². The zero-order chi connectivity index (χ0) is 6.69. The fourth-order valence-electron chi connectivity index (χ4n) is 0.570. The molecule has 0 amide bonds. The van der Waals surface area contributed by atoms with E-state index in [-0.39, 0.29) is 0 Å². The van der Waals surface area contributed by atoms with Crippen LogP contribution in [0, 0.1) is 18.3 Å². The van der Waals surface area contributed by atoms with Crippen molar-refractivity contribution in [1.82, 2.24) is 4.98 Å². The first kappa shape index (κ1) is 5.83. The average molecular weight is 122 g/mol. The predicted octanol–water partition coefficient (Wildman–Crippen LogP) is 1.05. The molecule has 0 atom stereocenters. The molecule has 0 unspecified atom stereocenters. The molecule has 1 rings (SSSR count). The lowest BCUT2D eigenvalue weighted by Crippen LogP contribution is -1.79. The van der Waals surface area contributed by atoms with Crippen LogP contribution in [0.5, 0.6) is 0 Å². The Kier molecular flexibility index (Phi) is 1.50. The Labute approximate surface area is 52.9 Å². The molecule has 1 aromatic rings. The Balaban J connectivity index is 2.76. The van der Waals surface area contributed by atoms with Gasteiger partial charge in [0.15, 0.2) is 5.89 Å².